The largest absolute Gasteiger partial charge is 0.447 e. The number of piperazine rings is 1. The Bertz CT molecular complexity index is 959. The van der Waals surface area contributed by atoms with E-state index in [2.05, 4.69) is 14.9 Å². The van der Waals surface area contributed by atoms with Gasteiger partial charge in [0.15, 0.2) is 0 Å². The van der Waals surface area contributed by atoms with E-state index in [9.17, 15) is 14.0 Å². The van der Waals surface area contributed by atoms with Gasteiger partial charge in [0.2, 0.25) is 0 Å². The van der Waals surface area contributed by atoms with Crippen molar-refractivity contribution in [2.45, 2.75) is 13.8 Å². The van der Waals surface area contributed by atoms with Crippen LogP contribution in [-0.2, 0) is 4.74 Å². The lowest BCUT2D eigenvalue weighted by Gasteiger charge is -2.36. The summed E-state index contributed by atoms with van der Waals surface area (Å²) in [5.74, 6) is -0.185. The summed E-state index contributed by atoms with van der Waals surface area (Å²) in [6.07, 6.45) is 1.22. The van der Waals surface area contributed by atoms with Gasteiger partial charge >= 0.3 is 6.09 Å². The molecule has 29 heavy (non-hydrogen) atoms. The summed E-state index contributed by atoms with van der Waals surface area (Å²) in [5.41, 5.74) is 2.11. The summed E-state index contributed by atoms with van der Waals surface area (Å²) in [7, 11) is 0. The van der Waals surface area contributed by atoms with E-state index in [-0.39, 0.29) is 18.1 Å². The van der Waals surface area contributed by atoms with Crippen LogP contribution >= 0.6 is 0 Å². The first-order valence-corrected chi connectivity index (χ1v) is 9.52. The van der Waals surface area contributed by atoms with E-state index >= 15 is 0 Å². The number of hydrogen-bond donors (Lipinski definition) is 0. The zero-order chi connectivity index (χ0) is 20.5. The molecule has 152 valence electrons. The quantitative estimate of drug-likeness (QED) is 0.787. The zero-order valence-corrected chi connectivity index (χ0v) is 16.4. The molecule has 9 heteroatoms. The predicted molar refractivity (Wildman–Crippen MR) is 105 cm³/mol. The van der Waals surface area contributed by atoms with Crippen molar-refractivity contribution in [1.29, 1.82) is 0 Å². The van der Waals surface area contributed by atoms with Crippen LogP contribution in [0.1, 0.15) is 21.7 Å². The molecule has 2 aliphatic heterocycles. The highest BCUT2D eigenvalue weighted by Crippen LogP contribution is 2.24. The molecule has 2 aromatic rings. The Labute approximate surface area is 167 Å². The molecule has 2 amide bonds. The number of benzene rings is 1. The number of aromatic nitrogens is 2. The van der Waals surface area contributed by atoms with Gasteiger partial charge < -0.3 is 14.5 Å². The van der Waals surface area contributed by atoms with Gasteiger partial charge in [0, 0.05) is 26.2 Å². The molecular weight excluding hydrogens is 377 g/mol. The van der Waals surface area contributed by atoms with Gasteiger partial charge in [0.1, 0.15) is 18.2 Å². The van der Waals surface area contributed by atoms with Crippen LogP contribution in [0, 0.1) is 19.7 Å². The third-order valence-electron chi connectivity index (χ3n) is 5.16. The summed E-state index contributed by atoms with van der Waals surface area (Å²) < 4.78 is 19.5. The Hall–Kier alpha value is -3.23. The number of carbonyl (C=O) groups excluding carboxylic acids is 2. The SMILES string of the molecule is Cc1cnc(N2CCN(C(=O)c3ccc(N4CCOC4=O)cc3F)CC2)c(C)n1. The van der Waals surface area contributed by atoms with Crippen molar-refractivity contribution in [1.82, 2.24) is 14.9 Å². The van der Waals surface area contributed by atoms with Crippen LogP contribution in [0.15, 0.2) is 24.4 Å². The Balaban J connectivity index is 1.43. The molecule has 1 aromatic carbocycles. The van der Waals surface area contributed by atoms with Crippen molar-refractivity contribution in [3.05, 3.63) is 47.2 Å². The van der Waals surface area contributed by atoms with Crippen LogP contribution in [-0.4, -0.2) is 66.2 Å². The minimum absolute atomic E-state index is 0.000993. The number of carbonyl (C=O) groups is 2. The molecule has 0 aliphatic carbocycles. The third-order valence-corrected chi connectivity index (χ3v) is 5.16. The van der Waals surface area contributed by atoms with Crippen LogP contribution < -0.4 is 9.80 Å². The number of ether oxygens (including phenoxy) is 1. The van der Waals surface area contributed by atoms with Crippen LogP contribution in [0.3, 0.4) is 0 Å². The van der Waals surface area contributed by atoms with E-state index in [1.54, 1.807) is 17.2 Å². The second kappa shape index (κ2) is 7.65. The van der Waals surface area contributed by atoms with E-state index in [1.165, 1.54) is 17.0 Å². The number of aryl methyl sites for hydroxylation is 2. The monoisotopic (exact) mass is 399 g/mol. The Morgan fingerprint density at radius 2 is 1.90 bits per heavy atom. The maximum atomic E-state index is 14.6. The van der Waals surface area contributed by atoms with Crippen molar-refractivity contribution in [3.63, 3.8) is 0 Å². The topological polar surface area (TPSA) is 78.9 Å². The highest BCUT2D eigenvalue weighted by atomic mass is 19.1. The summed E-state index contributed by atoms with van der Waals surface area (Å²) in [6.45, 7) is 6.59. The molecule has 3 heterocycles. The maximum Gasteiger partial charge on any atom is 0.414 e. The first-order chi connectivity index (χ1) is 13.9. The number of halogens is 1. The van der Waals surface area contributed by atoms with E-state index in [1.807, 2.05) is 13.8 Å². The van der Waals surface area contributed by atoms with E-state index in [0.717, 1.165) is 17.2 Å². The second-order valence-electron chi connectivity index (χ2n) is 7.13. The number of anilines is 2. The fourth-order valence-electron chi connectivity index (χ4n) is 3.67. The molecule has 0 bridgehead atoms. The average Bonchev–Trinajstić information content (AvgIpc) is 3.13. The number of hydrogen-bond acceptors (Lipinski definition) is 6. The van der Waals surface area contributed by atoms with Crippen molar-refractivity contribution < 1.29 is 18.7 Å². The fourth-order valence-corrected chi connectivity index (χ4v) is 3.67. The van der Waals surface area contributed by atoms with Gasteiger partial charge in [-0.15, -0.1) is 0 Å². The first-order valence-electron chi connectivity index (χ1n) is 9.52. The zero-order valence-electron chi connectivity index (χ0n) is 16.4. The van der Waals surface area contributed by atoms with Gasteiger partial charge in [-0.25, -0.2) is 14.2 Å². The van der Waals surface area contributed by atoms with E-state index in [0.29, 0.717) is 38.4 Å². The van der Waals surface area contributed by atoms with Gasteiger partial charge in [0.05, 0.1) is 35.4 Å². The smallest absolute Gasteiger partial charge is 0.414 e. The number of cyclic esters (lactones) is 1. The van der Waals surface area contributed by atoms with Crippen molar-refractivity contribution in [2.24, 2.45) is 0 Å². The van der Waals surface area contributed by atoms with E-state index < -0.39 is 11.9 Å². The number of nitrogens with zero attached hydrogens (tertiary/aromatic N) is 5. The molecular formula is C20H22FN5O3. The molecule has 0 unspecified atom stereocenters. The van der Waals surface area contributed by atoms with Gasteiger partial charge in [-0.2, -0.15) is 0 Å². The van der Waals surface area contributed by atoms with Gasteiger partial charge in [-0.1, -0.05) is 0 Å². The molecule has 4 rings (SSSR count). The standard InChI is InChI=1S/C20H22FN5O3/c1-13-12-22-18(14(2)23-13)24-5-7-25(8-6-24)19(27)16-4-3-15(11-17(16)21)26-9-10-29-20(26)28/h3-4,11-12H,5-10H2,1-2H3. The fraction of sp³-hybridized carbons (Fsp3) is 0.400. The Morgan fingerprint density at radius 3 is 2.52 bits per heavy atom. The summed E-state index contributed by atoms with van der Waals surface area (Å²) in [4.78, 5) is 38.4. The predicted octanol–water partition coefficient (Wildman–Crippen LogP) is 2.15. The first kappa shape index (κ1) is 19.1. The van der Waals surface area contributed by atoms with E-state index in [4.69, 9.17) is 4.74 Å². The highest BCUT2D eigenvalue weighted by molar-refractivity contribution is 5.96. The van der Waals surface area contributed by atoms with Gasteiger partial charge in [-0.3, -0.25) is 14.7 Å². The Morgan fingerprint density at radius 1 is 1.14 bits per heavy atom. The second-order valence-corrected chi connectivity index (χ2v) is 7.13. The van der Waals surface area contributed by atoms with Crippen molar-refractivity contribution in [2.75, 3.05) is 49.1 Å². The highest BCUT2D eigenvalue weighted by Gasteiger charge is 2.28. The molecule has 0 N–H and O–H groups in total. The summed E-state index contributed by atoms with van der Waals surface area (Å²) in [6, 6.07) is 4.21. The molecule has 2 saturated heterocycles. The van der Waals surface area contributed by atoms with Gasteiger partial charge in [-0.05, 0) is 32.0 Å². The van der Waals surface area contributed by atoms with Gasteiger partial charge in [0.25, 0.3) is 5.91 Å². The van der Waals surface area contributed by atoms with Crippen LogP contribution in [0.5, 0.6) is 0 Å². The number of amides is 2. The van der Waals surface area contributed by atoms with Crippen LogP contribution in [0.25, 0.3) is 0 Å². The van der Waals surface area contributed by atoms with Crippen molar-refractivity contribution >= 4 is 23.5 Å². The lowest BCUT2D eigenvalue weighted by molar-refractivity contribution is 0.0742. The molecule has 0 spiro atoms. The molecule has 8 nitrogen and oxygen atoms in total. The molecule has 0 saturated carbocycles. The average molecular weight is 399 g/mol. The summed E-state index contributed by atoms with van der Waals surface area (Å²) in [5, 5.41) is 0. The molecule has 0 radical (unpaired) electrons. The van der Waals surface area contributed by atoms with Crippen molar-refractivity contribution in [3.8, 4) is 0 Å². The van der Waals surface area contributed by atoms with Crippen LogP contribution in [0.4, 0.5) is 20.7 Å². The minimum atomic E-state index is -0.644. The molecule has 1 aromatic heterocycles. The minimum Gasteiger partial charge on any atom is -0.447 e. The lowest BCUT2D eigenvalue weighted by atomic mass is 10.1. The molecule has 2 fully saturated rings. The Kier molecular flexibility index (Phi) is 5.04. The third kappa shape index (κ3) is 3.72. The summed E-state index contributed by atoms with van der Waals surface area (Å²) >= 11 is 0. The van der Waals surface area contributed by atoms with Crippen LogP contribution in [0.2, 0.25) is 0 Å². The normalized spacial score (nSPS) is 16.9. The number of rotatable bonds is 3. The maximum absolute atomic E-state index is 14.6. The molecule has 0 atom stereocenters. The molecule has 2 aliphatic rings. The lowest BCUT2D eigenvalue weighted by Crippen LogP contribution is -2.49.